The number of amides is 1. The number of hydrogen-bond acceptors (Lipinski definition) is 7. The summed E-state index contributed by atoms with van der Waals surface area (Å²) >= 11 is 0. The molecule has 0 fully saturated rings. The largest absolute Gasteiger partial charge is 0.465 e. The Kier molecular flexibility index (Phi) is 6.50. The van der Waals surface area contributed by atoms with Crippen molar-refractivity contribution in [2.45, 2.75) is 4.90 Å². The van der Waals surface area contributed by atoms with Crippen LogP contribution in [0.3, 0.4) is 0 Å². The Morgan fingerprint density at radius 2 is 1.66 bits per heavy atom. The van der Waals surface area contributed by atoms with Crippen LogP contribution in [0.25, 0.3) is 0 Å². The normalized spacial score (nSPS) is 10.8. The number of benzene rings is 3. The quantitative estimate of drug-likeness (QED) is 0.315. The number of anilines is 2. The van der Waals surface area contributed by atoms with Gasteiger partial charge in [0.15, 0.2) is 0 Å². The predicted octanol–water partition coefficient (Wildman–Crippen LogP) is 3.43. The first kappa shape index (κ1) is 22.4. The highest BCUT2D eigenvalue weighted by molar-refractivity contribution is 7.92. The van der Waals surface area contributed by atoms with Crippen LogP contribution in [0.1, 0.15) is 20.7 Å². The number of nitrogens with zero attached hydrogens (tertiary/aromatic N) is 1. The molecule has 1 amide bonds. The number of non-ortho nitro benzene ring substituents is 1. The summed E-state index contributed by atoms with van der Waals surface area (Å²) in [6, 6.07) is 16.4. The number of esters is 1. The van der Waals surface area contributed by atoms with Crippen molar-refractivity contribution in [2.24, 2.45) is 0 Å². The molecule has 3 aromatic carbocycles. The Labute approximate surface area is 183 Å². The Morgan fingerprint density at radius 3 is 2.31 bits per heavy atom. The molecule has 0 radical (unpaired) electrons. The van der Waals surface area contributed by atoms with Crippen LogP contribution in [0.15, 0.2) is 77.7 Å². The zero-order valence-electron chi connectivity index (χ0n) is 16.6. The van der Waals surface area contributed by atoms with E-state index in [9.17, 15) is 28.1 Å². The second-order valence-electron chi connectivity index (χ2n) is 6.43. The fourth-order valence-corrected chi connectivity index (χ4v) is 3.86. The van der Waals surface area contributed by atoms with Crippen LogP contribution >= 0.6 is 0 Å². The number of nitro groups is 1. The summed E-state index contributed by atoms with van der Waals surface area (Å²) < 4.78 is 32.4. The highest BCUT2D eigenvalue weighted by Gasteiger charge is 2.21. The van der Waals surface area contributed by atoms with E-state index >= 15 is 0 Å². The van der Waals surface area contributed by atoms with Crippen LogP contribution in [-0.4, -0.2) is 32.3 Å². The van der Waals surface area contributed by atoms with Gasteiger partial charge in [0.1, 0.15) is 0 Å². The van der Waals surface area contributed by atoms with Gasteiger partial charge in [0.05, 0.1) is 33.7 Å². The molecule has 0 spiro atoms. The third kappa shape index (κ3) is 5.08. The van der Waals surface area contributed by atoms with Gasteiger partial charge < -0.3 is 10.1 Å². The van der Waals surface area contributed by atoms with Crippen molar-refractivity contribution >= 4 is 39.0 Å². The number of rotatable bonds is 7. The number of nitrogens with one attached hydrogen (secondary N) is 2. The maximum absolute atomic E-state index is 12.7. The summed E-state index contributed by atoms with van der Waals surface area (Å²) in [6.07, 6.45) is 0. The molecule has 0 atom stereocenters. The van der Waals surface area contributed by atoms with Crippen LogP contribution in [0, 0.1) is 10.1 Å². The van der Waals surface area contributed by atoms with Crippen LogP contribution < -0.4 is 10.0 Å². The van der Waals surface area contributed by atoms with Crippen LogP contribution in [0.4, 0.5) is 17.1 Å². The van der Waals surface area contributed by atoms with Crippen molar-refractivity contribution in [2.75, 3.05) is 17.1 Å². The summed E-state index contributed by atoms with van der Waals surface area (Å²) in [5, 5.41) is 13.6. The van der Waals surface area contributed by atoms with E-state index in [0.29, 0.717) is 11.3 Å². The summed E-state index contributed by atoms with van der Waals surface area (Å²) in [5.74, 6) is -1.13. The standard InChI is InChI=1S/C21H17N3O7S/c1-31-21(26)14-9-11-15(12-10-14)22-20(25)18-7-2-3-8-19(18)23-32(29,30)17-6-4-5-16(13-17)24(27)28/h2-13,23H,1H3,(H,22,25). The van der Waals surface area contributed by atoms with Gasteiger partial charge in [0.2, 0.25) is 0 Å². The number of nitro benzene ring substituents is 1. The molecule has 0 saturated carbocycles. The Balaban J connectivity index is 1.84. The van der Waals surface area contributed by atoms with Gasteiger partial charge in [-0.25, -0.2) is 13.2 Å². The third-order valence-electron chi connectivity index (χ3n) is 4.32. The number of para-hydroxylation sites is 1. The molecule has 164 valence electrons. The van der Waals surface area contributed by atoms with Gasteiger partial charge in [0, 0.05) is 17.8 Å². The highest BCUT2D eigenvalue weighted by Crippen LogP contribution is 2.23. The molecule has 0 aliphatic rings. The number of ether oxygens (including phenoxy) is 1. The van der Waals surface area contributed by atoms with Crippen molar-refractivity contribution in [3.63, 3.8) is 0 Å². The average molecular weight is 455 g/mol. The van der Waals surface area contributed by atoms with Crippen molar-refractivity contribution in [1.82, 2.24) is 0 Å². The van der Waals surface area contributed by atoms with E-state index in [1.165, 1.54) is 67.8 Å². The lowest BCUT2D eigenvalue weighted by molar-refractivity contribution is -0.385. The molecule has 0 bridgehead atoms. The summed E-state index contributed by atoms with van der Waals surface area (Å²) in [7, 11) is -2.95. The van der Waals surface area contributed by atoms with Gasteiger partial charge >= 0.3 is 5.97 Å². The first-order chi connectivity index (χ1) is 15.2. The van der Waals surface area contributed by atoms with Gasteiger partial charge in [-0.1, -0.05) is 18.2 Å². The van der Waals surface area contributed by atoms with Crippen LogP contribution in [0.5, 0.6) is 0 Å². The minimum absolute atomic E-state index is 0.0114. The van der Waals surface area contributed by atoms with Crippen molar-refractivity contribution in [3.05, 3.63) is 94.0 Å². The van der Waals surface area contributed by atoms with E-state index in [4.69, 9.17) is 0 Å². The van der Waals surface area contributed by atoms with E-state index in [2.05, 4.69) is 14.8 Å². The van der Waals surface area contributed by atoms with Gasteiger partial charge in [-0.3, -0.25) is 19.6 Å². The molecular weight excluding hydrogens is 438 g/mol. The Hall–Kier alpha value is -4.25. The predicted molar refractivity (Wildman–Crippen MR) is 116 cm³/mol. The first-order valence-electron chi connectivity index (χ1n) is 9.07. The zero-order chi connectivity index (χ0) is 23.3. The van der Waals surface area contributed by atoms with E-state index in [0.717, 1.165) is 6.07 Å². The number of sulfonamides is 1. The smallest absolute Gasteiger partial charge is 0.337 e. The molecule has 2 N–H and O–H groups in total. The van der Waals surface area contributed by atoms with Gasteiger partial charge in [-0.2, -0.15) is 0 Å². The monoisotopic (exact) mass is 455 g/mol. The maximum atomic E-state index is 12.7. The number of carbonyl (C=O) groups excluding carboxylic acids is 2. The van der Waals surface area contributed by atoms with Crippen LogP contribution in [-0.2, 0) is 14.8 Å². The molecular formula is C21H17N3O7S. The molecule has 3 rings (SSSR count). The minimum Gasteiger partial charge on any atom is -0.465 e. The molecule has 32 heavy (non-hydrogen) atoms. The molecule has 3 aromatic rings. The fraction of sp³-hybridized carbons (Fsp3) is 0.0476. The summed E-state index contributed by atoms with van der Waals surface area (Å²) in [6.45, 7) is 0. The topological polar surface area (TPSA) is 145 Å². The van der Waals surface area contributed by atoms with Crippen molar-refractivity contribution in [1.29, 1.82) is 0 Å². The lowest BCUT2D eigenvalue weighted by Crippen LogP contribution is -2.18. The van der Waals surface area contributed by atoms with Crippen LogP contribution in [0.2, 0.25) is 0 Å². The van der Waals surface area contributed by atoms with Gasteiger partial charge in [-0.15, -0.1) is 0 Å². The Bertz CT molecular complexity index is 1290. The fourth-order valence-electron chi connectivity index (χ4n) is 2.74. The van der Waals surface area contributed by atoms with E-state index in [-0.39, 0.29) is 21.8 Å². The first-order valence-corrected chi connectivity index (χ1v) is 10.6. The molecule has 0 unspecified atom stereocenters. The lowest BCUT2D eigenvalue weighted by Gasteiger charge is -2.13. The third-order valence-corrected chi connectivity index (χ3v) is 5.68. The molecule has 0 saturated heterocycles. The molecule has 0 aliphatic carbocycles. The van der Waals surface area contributed by atoms with Gasteiger partial charge in [0.25, 0.3) is 21.6 Å². The lowest BCUT2D eigenvalue weighted by atomic mass is 10.1. The van der Waals surface area contributed by atoms with E-state index in [1.807, 2.05) is 0 Å². The molecule has 0 aromatic heterocycles. The van der Waals surface area contributed by atoms with Crippen molar-refractivity contribution < 1.29 is 27.7 Å². The SMILES string of the molecule is COC(=O)c1ccc(NC(=O)c2ccccc2NS(=O)(=O)c2cccc([N+](=O)[O-])c2)cc1. The number of methoxy groups -OCH3 is 1. The summed E-state index contributed by atoms with van der Waals surface area (Å²) in [5.41, 5.74) is 0.310. The summed E-state index contributed by atoms with van der Waals surface area (Å²) in [4.78, 5) is 34.2. The second-order valence-corrected chi connectivity index (χ2v) is 8.11. The van der Waals surface area contributed by atoms with E-state index < -0.39 is 26.8 Å². The molecule has 0 heterocycles. The second kappa shape index (κ2) is 9.27. The Morgan fingerprint density at radius 1 is 0.969 bits per heavy atom. The molecule has 11 heteroatoms. The average Bonchev–Trinajstić information content (AvgIpc) is 2.79. The molecule has 10 nitrogen and oxygen atoms in total. The van der Waals surface area contributed by atoms with Crippen molar-refractivity contribution in [3.8, 4) is 0 Å². The number of hydrogen-bond donors (Lipinski definition) is 2. The number of carbonyl (C=O) groups is 2. The zero-order valence-corrected chi connectivity index (χ0v) is 17.5. The van der Waals surface area contributed by atoms with Gasteiger partial charge in [-0.05, 0) is 42.5 Å². The maximum Gasteiger partial charge on any atom is 0.337 e. The highest BCUT2D eigenvalue weighted by atomic mass is 32.2. The minimum atomic E-state index is -4.20. The van der Waals surface area contributed by atoms with E-state index in [1.54, 1.807) is 6.07 Å². The molecule has 0 aliphatic heterocycles.